The highest BCUT2D eigenvalue weighted by atomic mass is 16.5. The third-order valence-corrected chi connectivity index (χ3v) is 26.2. The summed E-state index contributed by atoms with van der Waals surface area (Å²) in [7, 11) is 0. The Morgan fingerprint density at radius 3 is 0.492 bits per heavy atom. The molecule has 0 saturated carbocycles. The van der Waals surface area contributed by atoms with Crippen molar-refractivity contribution in [3.8, 4) is 17.2 Å². The highest BCUT2D eigenvalue weighted by Crippen LogP contribution is 2.34. The molecule has 6 unspecified atom stereocenters. The summed E-state index contributed by atoms with van der Waals surface area (Å²) in [5, 5.41) is 0. The molecular weight excluding hydrogens is 1660 g/mol. The predicted molar refractivity (Wildman–Crippen MR) is 498 cm³/mol. The van der Waals surface area contributed by atoms with E-state index >= 15 is 0 Å². The molecule has 24 heteroatoms. The van der Waals surface area contributed by atoms with Crippen molar-refractivity contribution in [2.24, 2.45) is 35.5 Å². The summed E-state index contributed by atoms with van der Waals surface area (Å²) in [4.78, 5) is 177. The van der Waals surface area contributed by atoms with Crippen molar-refractivity contribution in [2.45, 2.75) is 120 Å². The molecule has 0 aromatic heterocycles. The van der Waals surface area contributed by atoms with Gasteiger partial charge in [-0.25, -0.2) is 0 Å². The van der Waals surface area contributed by atoms with Crippen LogP contribution in [-0.2, 0) is 39.5 Å². The van der Waals surface area contributed by atoms with E-state index in [-0.39, 0.29) is 165 Å². The highest BCUT2D eigenvalue weighted by Gasteiger charge is 2.42. The highest BCUT2D eigenvalue weighted by molar-refractivity contribution is 6.25. The number of carbonyl (C=O) groups is 12. The minimum absolute atomic E-state index is 0.0245. The van der Waals surface area contributed by atoms with Crippen LogP contribution in [0.4, 0.5) is 0 Å². The fourth-order valence-corrected chi connectivity index (χ4v) is 18.5. The van der Waals surface area contributed by atoms with Crippen molar-refractivity contribution in [3.63, 3.8) is 0 Å². The number of imide groups is 6. The number of hydrogen-bond acceptors (Lipinski definition) is 18. The number of benzene rings is 10. The van der Waals surface area contributed by atoms with E-state index in [0.717, 1.165) is 33.4 Å². The lowest BCUT2D eigenvalue weighted by Crippen LogP contribution is -2.36. The van der Waals surface area contributed by atoms with E-state index in [1.807, 2.05) is 72.8 Å². The minimum Gasteiger partial charge on any atom is -0.489 e. The van der Waals surface area contributed by atoms with Gasteiger partial charge in [0.15, 0.2) is 0 Å². The first-order valence-electron chi connectivity index (χ1n) is 46.0. The molecule has 0 radical (unpaired) electrons. The molecule has 0 bridgehead atoms. The van der Waals surface area contributed by atoms with Gasteiger partial charge in [0.1, 0.15) is 37.1 Å². The molecule has 6 aliphatic heterocycles. The maximum absolute atomic E-state index is 13.5. The number of rotatable bonds is 45. The third kappa shape index (κ3) is 21.0. The van der Waals surface area contributed by atoms with Crippen LogP contribution in [0, 0.1) is 35.5 Å². The molecule has 0 aliphatic carbocycles. The largest absolute Gasteiger partial charge is 0.489 e. The smallest absolute Gasteiger partial charge is 0.261 e. The summed E-state index contributed by atoms with van der Waals surface area (Å²) in [6.45, 7) is 20.1. The molecule has 678 valence electrons. The van der Waals surface area contributed by atoms with Crippen LogP contribution < -0.4 is 14.2 Å². The van der Waals surface area contributed by atoms with Crippen LogP contribution in [-0.4, -0.2) is 194 Å². The SMILES string of the molecule is CC(CCN(CCC(C)CN1C(=O)c2ccccc2C1=O)Cc1ccc(OCc2cc(COc3ccc(CN(CCC(C)CN4C(=O)c5ccccc5C4=O)CCC(C)CN4C(=O)c5ccccc5C4=O)cc3)cc(COc3ccc(CN(CCC(C)CN4C(=O)c5ccccc5C4=O)CCC(C)CN4C(=O)c5ccccc5C4=O)cc3)c2)cc1)CN1C(=O)c2ccccc2C1=O. The number of ether oxygens (including phenoxy) is 3. The number of fused-ring (bicyclic) bond motifs is 6. The second kappa shape index (κ2) is 41.2. The third-order valence-electron chi connectivity index (χ3n) is 26.2. The van der Waals surface area contributed by atoms with Gasteiger partial charge in [-0.15, -0.1) is 0 Å². The quantitative estimate of drug-likeness (QED) is 0.0321. The fourth-order valence-electron chi connectivity index (χ4n) is 18.5. The van der Waals surface area contributed by atoms with Crippen LogP contribution >= 0.6 is 0 Å². The Morgan fingerprint density at radius 1 is 0.205 bits per heavy atom. The van der Waals surface area contributed by atoms with Gasteiger partial charge >= 0.3 is 0 Å². The Bertz CT molecular complexity index is 4990. The van der Waals surface area contributed by atoms with E-state index in [1.54, 1.807) is 146 Å². The van der Waals surface area contributed by atoms with Crippen molar-refractivity contribution in [3.05, 3.63) is 337 Å². The number of carbonyl (C=O) groups excluding carboxylic acids is 12. The molecule has 10 aromatic rings. The Labute approximate surface area is 770 Å². The molecule has 16 rings (SSSR count). The van der Waals surface area contributed by atoms with Crippen LogP contribution in [0.3, 0.4) is 0 Å². The maximum atomic E-state index is 13.5. The minimum atomic E-state index is -0.284. The lowest BCUT2D eigenvalue weighted by Gasteiger charge is -2.27. The zero-order chi connectivity index (χ0) is 92.4. The molecule has 6 aliphatic rings. The molecule has 6 heterocycles. The Hall–Kier alpha value is -13.7. The van der Waals surface area contributed by atoms with Gasteiger partial charge in [-0.1, -0.05) is 151 Å². The number of nitrogens with zero attached hydrogens (tertiary/aromatic N) is 9. The van der Waals surface area contributed by atoms with Crippen molar-refractivity contribution >= 4 is 70.9 Å². The monoisotopic (exact) mass is 1770 g/mol. The molecule has 0 N–H and O–H groups in total. The van der Waals surface area contributed by atoms with Crippen LogP contribution in [0.5, 0.6) is 17.2 Å². The van der Waals surface area contributed by atoms with E-state index in [0.29, 0.717) is 181 Å². The average Bonchev–Trinajstić information content (AvgIpc) is 1.66. The topological polar surface area (TPSA) is 262 Å². The van der Waals surface area contributed by atoms with Crippen molar-refractivity contribution in [1.29, 1.82) is 0 Å². The molecule has 0 saturated heterocycles. The van der Waals surface area contributed by atoms with Gasteiger partial charge < -0.3 is 14.2 Å². The average molecular weight is 1780 g/mol. The molecule has 12 amide bonds. The summed E-state index contributed by atoms with van der Waals surface area (Å²) in [6.07, 6.45) is 4.11. The van der Waals surface area contributed by atoms with Gasteiger partial charge in [0, 0.05) is 58.9 Å². The Balaban J connectivity index is 0.598. The second-order valence-electron chi connectivity index (χ2n) is 36.7. The van der Waals surface area contributed by atoms with Crippen molar-refractivity contribution in [1.82, 2.24) is 44.1 Å². The van der Waals surface area contributed by atoms with Gasteiger partial charge in [0.05, 0.1) is 66.8 Å². The molecule has 0 fully saturated rings. The van der Waals surface area contributed by atoms with E-state index in [9.17, 15) is 57.5 Å². The molecule has 6 atom stereocenters. The zero-order valence-corrected chi connectivity index (χ0v) is 75.6. The molecule has 0 spiro atoms. The van der Waals surface area contributed by atoms with Crippen molar-refractivity contribution < 1.29 is 71.7 Å². The zero-order valence-electron chi connectivity index (χ0n) is 75.6. The number of amides is 12. The standard InChI is InChI=1S/C108H111N9O15/c1-70(58-112-97(118)85-19-7-8-20-86(85)98(112)119)43-49-109(50-44-71(2)59-113-99(120)87-21-9-10-22-88(87)100(113)121)64-76-31-37-82(38-32-76)130-67-79-55-80(68-131-83-39-33-77(34-40-83)65-110(51-45-72(3)60-114-101(122)89-23-11-12-24-90(89)102(114)123)52-46-73(4)61-115-103(124)91-25-13-14-26-92(91)104(115)125)57-81(56-79)69-132-84-41-35-78(36-42-84)66-111(53-47-74(5)62-116-105(126)93-27-15-16-28-94(93)106(116)127)54-48-75(6)63-117-107(128)95-29-17-18-30-96(95)108(117)129/h7-42,55-57,70-75H,43-54,58-69H2,1-6H3. The van der Waals surface area contributed by atoms with Crippen LogP contribution in [0.25, 0.3) is 0 Å². The van der Waals surface area contributed by atoms with Gasteiger partial charge in [-0.3, -0.25) is 102 Å². The first kappa shape index (κ1) is 91.6. The lowest BCUT2D eigenvalue weighted by molar-refractivity contribution is 0.0606. The van der Waals surface area contributed by atoms with Gasteiger partial charge in [-0.2, -0.15) is 0 Å². The van der Waals surface area contributed by atoms with Crippen LogP contribution in [0.15, 0.2) is 237 Å². The molecule has 132 heavy (non-hydrogen) atoms. The van der Waals surface area contributed by atoms with E-state index in [4.69, 9.17) is 14.2 Å². The van der Waals surface area contributed by atoms with Gasteiger partial charge in [0.2, 0.25) is 0 Å². The summed E-state index contributed by atoms with van der Waals surface area (Å²) in [6, 6.07) is 71.7. The summed E-state index contributed by atoms with van der Waals surface area (Å²) < 4.78 is 19.9. The lowest BCUT2D eigenvalue weighted by atomic mass is 10.0. The van der Waals surface area contributed by atoms with Gasteiger partial charge in [0.25, 0.3) is 70.9 Å². The maximum Gasteiger partial charge on any atom is 0.261 e. The van der Waals surface area contributed by atoms with Crippen LogP contribution in [0.1, 0.15) is 238 Å². The normalized spacial score (nSPS) is 15.9. The molecule has 24 nitrogen and oxygen atoms in total. The Morgan fingerprint density at radius 2 is 0.348 bits per heavy atom. The molecule has 10 aromatic carbocycles. The fraction of sp³-hybridized carbons (Fsp3) is 0.333. The van der Waals surface area contributed by atoms with Crippen LogP contribution in [0.2, 0.25) is 0 Å². The Kier molecular flexibility index (Phi) is 28.6. The first-order valence-corrected chi connectivity index (χ1v) is 46.0. The van der Waals surface area contributed by atoms with E-state index in [1.165, 1.54) is 29.4 Å². The summed E-state index contributed by atoms with van der Waals surface area (Å²) in [5.74, 6) is -1.63. The molecular formula is C108H111N9O15. The van der Waals surface area contributed by atoms with Crippen molar-refractivity contribution in [2.75, 3.05) is 78.5 Å². The summed E-state index contributed by atoms with van der Waals surface area (Å²) in [5.41, 5.74) is 10.7. The predicted octanol–water partition coefficient (Wildman–Crippen LogP) is 16.8. The van der Waals surface area contributed by atoms with E-state index < -0.39 is 0 Å². The summed E-state index contributed by atoms with van der Waals surface area (Å²) >= 11 is 0. The van der Waals surface area contributed by atoms with Gasteiger partial charge in [-0.05, 0) is 274 Å². The first-order chi connectivity index (χ1) is 63.8. The van der Waals surface area contributed by atoms with E-state index in [2.05, 4.69) is 74.4 Å². The number of hydrogen-bond donors (Lipinski definition) is 0. The second-order valence-corrected chi connectivity index (χ2v) is 36.7.